The van der Waals surface area contributed by atoms with Gasteiger partial charge in [-0.3, -0.25) is 4.99 Å². The summed E-state index contributed by atoms with van der Waals surface area (Å²) in [6.07, 6.45) is 7.08. The number of ether oxygens (including phenoxy) is 1. The molecule has 0 unspecified atom stereocenters. The largest absolute Gasteiger partial charge is 0.496 e. The fourth-order valence-electron chi connectivity index (χ4n) is 2.25. The van der Waals surface area contributed by atoms with Crippen molar-refractivity contribution in [2.45, 2.75) is 20.3 Å². The molecule has 1 aromatic heterocycles. The Morgan fingerprint density at radius 3 is 2.62 bits per heavy atom. The highest BCUT2D eigenvalue weighted by Crippen LogP contribution is 2.28. The van der Waals surface area contributed by atoms with E-state index in [0.29, 0.717) is 17.4 Å². The Bertz CT molecular complexity index is 754. The molecule has 0 aliphatic heterocycles. The van der Waals surface area contributed by atoms with Gasteiger partial charge in [-0.05, 0) is 31.7 Å². The smallest absolute Gasteiger partial charge is 0.159 e. The summed E-state index contributed by atoms with van der Waals surface area (Å²) in [5.41, 5.74) is 2.55. The first kappa shape index (κ1) is 17.6. The highest BCUT2D eigenvalue weighted by molar-refractivity contribution is 6.02. The van der Waals surface area contributed by atoms with Crippen molar-refractivity contribution in [3.05, 3.63) is 53.7 Å². The summed E-state index contributed by atoms with van der Waals surface area (Å²) in [6.45, 7) is 4.02. The number of allylic oxidation sites excluding steroid dienone is 1. The van der Waals surface area contributed by atoms with E-state index in [2.05, 4.69) is 27.2 Å². The first-order valence-electron chi connectivity index (χ1n) is 7.66. The van der Waals surface area contributed by atoms with Gasteiger partial charge in [0.25, 0.3) is 0 Å². The van der Waals surface area contributed by atoms with E-state index in [1.54, 1.807) is 14.2 Å². The molecule has 0 fully saturated rings. The normalized spacial score (nSPS) is 11.8. The molecule has 0 amide bonds. The molecule has 0 saturated carbocycles. The molecule has 1 aromatic carbocycles. The average molecular weight is 328 g/mol. The SMILES string of the molecule is CC/C=C/NC(=NC)c1cc(-c2ncc(F)cn2)cc(OC)c1C. The Hall–Kier alpha value is -2.76. The van der Waals surface area contributed by atoms with Gasteiger partial charge in [0.2, 0.25) is 0 Å². The van der Waals surface area contributed by atoms with E-state index in [9.17, 15) is 4.39 Å². The van der Waals surface area contributed by atoms with E-state index in [0.717, 1.165) is 35.5 Å². The van der Waals surface area contributed by atoms with Crippen molar-refractivity contribution < 1.29 is 9.13 Å². The van der Waals surface area contributed by atoms with Crippen molar-refractivity contribution in [1.29, 1.82) is 0 Å². The second kappa shape index (κ2) is 8.19. The number of halogens is 1. The van der Waals surface area contributed by atoms with Gasteiger partial charge in [-0.15, -0.1) is 0 Å². The van der Waals surface area contributed by atoms with Gasteiger partial charge in [-0.1, -0.05) is 13.0 Å². The molecule has 0 atom stereocenters. The summed E-state index contributed by atoms with van der Waals surface area (Å²) >= 11 is 0. The minimum atomic E-state index is -0.472. The number of hydrogen-bond donors (Lipinski definition) is 1. The summed E-state index contributed by atoms with van der Waals surface area (Å²) in [7, 11) is 3.32. The van der Waals surface area contributed by atoms with Gasteiger partial charge in [0, 0.05) is 23.7 Å². The molecule has 0 saturated heterocycles. The third-order valence-corrected chi connectivity index (χ3v) is 3.51. The maximum Gasteiger partial charge on any atom is 0.159 e. The van der Waals surface area contributed by atoms with Crippen molar-refractivity contribution >= 4 is 5.84 Å². The van der Waals surface area contributed by atoms with Crippen LogP contribution in [0.3, 0.4) is 0 Å². The topological polar surface area (TPSA) is 59.4 Å². The van der Waals surface area contributed by atoms with Crippen LogP contribution in [0, 0.1) is 12.7 Å². The van der Waals surface area contributed by atoms with Gasteiger partial charge >= 0.3 is 0 Å². The fourth-order valence-corrected chi connectivity index (χ4v) is 2.25. The van der Waals surface area contributed by atoms with Gasteiger partial charge in [0.1, 0.15) is 11.6 Å². The number of benzene rings is 1. The summed E-state index contributed by atoms with van der Waals surface area (Å²) in [6, 6.07) is 3.75. The Balaban J connectivity index is 2.52. The van der Waals surface area contributed by atoms with Gasteiger partial charge < -0.3 is 10.1 Å². The van der Waals surface area contributed by atoms with Crippen LogP contribution in [-0.4, -0.2) is 30.0 Å². The zero-order valence-electron chi connectivity index (χ0n) is 14.3. The number of nitrogens with one attached hydrogen (secondary N) is 1. The van der Waals surface area contributed by atoms with Gasteiger partial charge in [-0.25, -0.2) is 14.4 Å². The Labute approximate surface area is 141 Å². The molecule has 0 radical (unpaired) electrons. The minimum Gasteiger partial charge on any atom is -0.496 e. The van der Waals surface area contributed by atoms with Crippen LogP contribution in [0.15, 0.2) is 41.8 Å². The molecule has 2 rings (SSSR count). The Morgan fingerprint density at radius 1 is 1.33 bits per heavy atom. The lowest BCUT2D eigenvalue weighted by Crippen LogP contribution is -2.20. The number of aromatic nitrogens is 2. The molecule has 126 valence electrons. The van der Waals surface area contributed by atoms with Crippen LogP contribution in [0.4, 0.5) is 4.39 Å². The van der Waals surface area contributed by atoms with Crippen molar-refractivity contribution in [2.24, 2.45) is 4.99 Å². The second-order valence-corrected chi connectivity index (χ2v) is 5.10. The van der Waals surface area contributed by atoms with E-state index >= 15 is 0 Å². The number of aliphatic imine (C=N–C) groups is 1. The molecule has 6 heteroatoms. The van der Waals surface area contributed by atoms with Gasteiger partial charge in [-0.2, -0.15) is 0 Å². The predicted octanol–water partition coefficient (Wildman–Crippen LogP) is 3.49. The van der Waals surface area contributed by atoms with E-state index < -0.39 is 5.82 Å². The summed E-state index contributed by atoms with van der Waals surface area (Å²) in [4.78, 5) is 12.4. The third-order valence-electron chi connectivity index (χ3n) is 3.51. The standard InChI is InChI=1S/C18H21FN4O/c1-5-6-7-21-18(20-3)15-8-13(9-16(24-4)12(15)2)17-22-10-14(19)11-23-17/h6-11H,5H2,1-4H3,(H,20,21)/b7-6+. The maximum absolute atomic E-state index is 13.1. The van der Waals surface area contributed by atoms with Crippen LogP contribution in [0.5, 0.6) is 5.75 Å². The average Bonchev–Trinajstić information content (AvgIpc) is 2.60. The summed E-state index contributed by atoms with van der Waals surface area (Å²) in [5, 5.41) is 3.18. The first-order valence-corrected chi connectivity index (χ1v) is 7.66. The van der Waals surface area contributed by atoms with Gasteiger partial charge in [0.05, 0.1) is 19.5 Å². The van der Waals surface area contributed by atoms with Crippen molar-refractivity contribution in [3.8, 4) is 17.1 Å². The monoisotopic (exact) mass is 328 g/mol. The number of hydrogen-bond acceptors (Lipinski definition) is 4. The van der Waals surface area contributed by atoms with E-state index in [-0.39, 0.29) is 0 Å². The molecule has 0 aliphatic carbocycles. The van der Waals surface area contributed by atoms with E-state index in [4.69, 9.17) is 4.74 Å². The number of nitrogens with zero attached hydrogens (tertiary/aromatic N) is 3. The zero-order chi connectivity index (χ0) is 17.5. The van der Waals surface area contributed by atoms with Crippen LogP contribution in [0.1, 0.15) is 24.5 Å². The van der Waals surface area contributed by atoms with Gasteiger partial charge in [0.15, 0.2) is 11.6 Å². The number of amidine groups is 1. The van der Waals surface area contributed by atoms with Crippen LogP contribution >= 0.6 is 0 Å². The molecule has 24 heavy (non-hydrogen) atoms. The highest BCUT2D eigenvalue weighted by atomic mass is 19.1. The first-order chi connectivity index (χ1) is 11.6. The molecular formula is C18H21FN4O. The molecule has 1 heterocycles. The predicted molar refractivity (Wildman–Crippen MR) is 93.7 cm³/mol. The van der Waals surface area contributed by atoms with Crippen LogP contribution < -0.4 is 10.1 Å². The fraction of sp³-hybridized carbons (Fsp3) is 0.278. The zero-order valence-corrected chi connectivity index (χ0v) is 14.3. The molecule has 5 nitrogen and oxygen atoms in total. The Kier molecular flexibility index (Phi) is 6.01. The van der Waals surface area contributed by atoms with E-state index in [1.165, 1.54) is 0 Å². The van der Waals surface area contributed by atoms with E-state index in [1.807, 2.05) is 31.3 Å². The lowest BCUT2D eigenvalue weighted by molar-refractivity contribution is 0.411. The maximum atomic E-state index is 13.1. The quantitative estimate of drug-likeness (QED) is 0.674. The summed E-state index contributed by atoms with van der Waals surface area (Å²) in [5.74, 6) is 1.35. The number of methoxy groups -OCH3 is 1. The van der Waals surface area contributed by atoms with Crippen molar-refractivity contribution in [2.75, 3.05) is 14.2 Å². The lowest BCUT2D eigenvalue weighted by atomic mass is 10.0. The number of rotatable bonds is 5. The molecular weight excluding hydrogens is 307 g/mol. The molecule has 0 aliphatic rings. The van der Waals surface area contributed by atoms with Crippen molar-refractivity contribution in [1.82, 2.24) is 15.3 Å². The minimum absolute atomic E-state index is 0.426. The van der Waals surface area contributed by atoms with Crippen LogP contribution in [0.2, 0.25) is 0 Å². The lowest BCUT2D eigenvalue weighted by Gasteiger charge is -2.14. The highest BCUT2D eigenvalue weighted by Gasteiger charge is 2.14. The summed E-state index contributed by atoms with van der Waals surface area (Å²) < 4.78 is 18.5. The third kappa shape index (κ3) is 3.95. The second-order valence-electron chi connectivity index (χ2n) is 5.10. The molecule has 2 aromatic rings. The van der Waals surface area contributed by atoms with Crippen LogP contribution in [-0.2, 0) is 0 Å². The molecule has 0 bridgehead atoms. The van der Waals surface area contributed by atoms with Crippen LogP contribution in [0.25, 0.3) is 11.4 Å². The molecule has 0 spiro atoms. The molecule has 1 N–H and O–H groups in total. The Morgan fingerprint density at radius 2 is 2.04 bits per heavy atom. The van der Waals surface area contributed by atoms with Crippen molar-refractivity contribution in [3.63, 3.8) is 0 Å².